The molecule has 140 valence electrons. The lowest BCUT2D eigenvalue weighted by molar-refractivity contribution is -0.120. The molecule has 0 fully saturated rings. The number of amides is 1. The Morgan fingerprint density at radius 1 is 1.11 bits per heavy atom. The first-order valence-electron chi connectivity index (χ1n) is 9.17. The van der Waals surface area contributed by atoms with Crippen molar-refractivity contribution in [2.45, 2.75) is 26.2 Å². The Bertz CT molecular complexity index is 862. The molecule has 0 bridgehead atoms. The Kier molecular flexibility index (Phi) is 6.99. The summed E-state index contributed by atoms with van der Waals surface area (Å²) in [7, 11) is 0. The topological polar surface area (TPSA) is 51.2 Å². The number of unbranched alkanes of at least 4 members (excludes halogenated alkanes) is 1. The highest BCUT2D eigenvalue weighted by atomic mass is 32.1. The van der Waals surface area contributed by atoms with Gasteiger partial charge in [0.1, 0.15) is 10.8 Å². The van der Waals surface area contributed by atoms with Crippen LogP contribution in [-0.4, -0.2) is 24.0 Å². The van der Waals surface area contributed by atoms with Gasteiger partial charge in [-0.1, -0.05) is 42.0 Å². The molecule has 0 saturated heterocycles. The molecule has 2 aromatic carbocycles. The smallest absolute Gasteiger partial charge is 0.226 e. The number of aromatic nitrogens is 1. The normalized spacial score (nSPS) is 10.6. The van der Waals surface area contributed by atoms with Crippen LogP contribution in [0.4, 0.5) is 0 Å². The van der Waals surface area contributed by atoms with Crippen molar-refractivity contribution in [2.75, 3.05) is 13.2 Å². The van der Waals surface area contributed by atoms with E-state index >= 15 is 0 Å². The zero-order valence-electron chi connectivity index (χ0n) is 15.5. The van der Waals surface area contributed by atoms with Crippen LogP contribution in [0.15, 0.2) is 60.0 Å². The van der Waals surface area contributed by atoms with Gasteiger partial charge in [0.2, 0.25) is 5.91 Å². The van der Waals surface area contributed by atoms with E-state index in [2.05, 4.69) is 29.4 Å². The molecule has 1 amide bonds. The Balaban J connectivity index is 1.35. The molecule has 0 saturated carbocycles. The maximum Gasteiger partial charge on any atom is 0.226 e. The summed E-state index contributed by atoms with van der Waals surface area (Å²) < 4.78 is 5.64. The molecule has 1 heterocycles. The first-order valence-corrected chi connectivity index (χ1v) is 10.0. The van der Waals surface area contributed by atoms with E-state index in [0.29, 0.717) is 19.6 Å². The minimum Gasteiger partial charge on any atom is -0.494 e. The van der Waals surface area contributed by atoms with E-state index < -0.39 is 0 Å². The van der Waals surface area contributed by atoms with Gasteiger partial charge in [0.25, 0.3) is 0 Å². The highest BCUT2D eigenvalue weighted by Crippen LogP contribution is 2.24. The Morgan fingerprint density at radius 2 is 1.96 bits per heavy atom. The predicted molar refractivity (Wildman–Crippen MR) is 110 cm³/mol. The molecule has 3 aromatic rings. The second-order valence-electron chi connectivity index (χ2n) is 6.41. The fourth-order valence-electron chi connectivity index (χ4n) is 2.69. The van der Waals surface area contributed by atoms with Gasteiger partial charge >= 0.3 is 0 Å². The second-order valence-corrected chi connectivity index (χ2v) is 7.27. The number of para-hydroxylation sites is 1. The summed E-state index contributed by atoms with van der Waals surface area (Å²) in [6, 6.07) is 18.0. The largest absolute Gasteiger partial charge is 0.494 e. The number of thiazole rings is 1. The third-order valence-electron chi connectivity index (χ3n) is 4.06. The Hall–Kier alpha value is -2.66. The molecule has 0 aliphatic heterocycles. The molecule has 0 aliphatic rings. The summed E-state index contributed by atoms with van der Waals surface area (Å²) in [5.41, 5.74) is 3.13. The lowest BCUT2D eigenvalue weighted by Gasteiger charge is -2.06. The highest BCUT2D eigenvalue weighted by Gasteiger charge is 2.09. The van der Waals surface area contributed by atoms with E-state index in [-0.39, 0.29) is 5.91 Å². The van der Waals surface area contributed by atoms with E-state index in [1.165, 1.54) is 5.56 Å². The number of nitrogens with one attached hydrogen (secondary N) is 1. The molecule has 3 rings (SSSR count). The van der Waals surface area contributed by atoms with Crippen LogP contribution in [0.5, 0.6) is 5.75 Å². The number of hydrogen-bond donors (Lipinski definition) is 1. The summed E-state index contributed by atoms with van der Waals surface area (Å²) in [6.07, 6.45) is 2.12. The van der Waals surface area contributed by atoms with Crippen LogP contribution in [0, 0.1) is 6.92 Å². The van der Waals surface area contributed by atoms with E-state index in [9.17, 15) is 4.79 Å². The molecule has 0 unspecified atom stereocenters. The number of carbonyl (C=O) groups excluding carboxylic acids is 1. The number of nitrogens with zero attached hydrogens (tertiary/aromatic N) is 1. The number of rotatable bonds is 9. The van der Waals surface area contributed by atoms with Crippen molar-refractivity contribution in [1.82, 2.24) is 10.3 Å². The van der Waals surface area contributed by atoms with E-state index in [1.54, 1.807) is 11.3 Å². The molecular weight excluding hydrogens is 356 g/mol. The van der Waals surface area contributed by atoms with Gasteiger partial charge in [0.05, 0.1) is 18.7 Å². The summed E-state index contributed by atoms with van der Waals surface area (Å²) >= 11 is 1.58. The van der Waals surface area contributed by atoms with E-state index in [1.807, 2.05) is 47.8 Å². The zero-order valence-corrected chi connectivity index (χ0v) is 16.3. The van der Waals surface area contributed by atoms with Crippen LogP contribution in [0.3, 0.4) is 0 Å². The van der Waals surface area contributed by atoms with Crippen molar-refractivity contribution in [3.63, 3.8) is 0 Å². The van der Waals surface area contributed by atoms with E-state index in [4.69, 9.17) is 4.74 Å². The van der Waals surface area contributed by atoms with Gasteiger partial charge in [0, 0.05) is 17.5 Å². The minimum atomic E-state index is 0.0140. The average Bonchev–Trinajstić information content (AvgIpc) is 3.14. The number of benzene rings is 2. The minimum absolute atomic E-state index is 0.0140. The van der Waals surface area contributed by atoms with Crippen molar-refractivity contribution in [1.29, 1.82) is 0 Å². The van der Waals surface area contributed by atoms with Crippen molar-refractivity contribution in [3.05, 3.63) is 71.2 Å². The quantitative estimate of drug-likeness (QED) is 0.550. The molecule has 0 radical (unpaired) electrons. The molecule has 1 aromatic heterocycles. The molecule has 1 N–H and O–H groups in total. The maximum atomic E-state index is 12.1. The zero-order chi connectivity index (χ0) is 18.9. The number of ether oxygens (including phenoxy) is 1. The Morgan fingerprint density at radius 3 is 2.78 bits per heavy atom. The van der Waals surface area contributed by atoms with Gasteiger partial charge in [-0.2, -0.15) is 0 Å². The molecule has 0 spiro atoms. The van der Waals surface area contributed by atoms with Crippen LogP contribution in [0.1, 0.15) is 24.1 Å². The third-order valence-corrected chi connectivity index (χ3v) is 5.00. The van der Waals surface area contributed by atoms with Crippen molar-refractivity contribution in [3.8, 4) is 16.3 Å². The average molecular weight is 381 g/mol. The summed E-state index contributed by atoms with van der Waals surface area (Å²) in [5.74, 6) is 0.898. The SMILES string of the molecule is Cc1cccc(-c2nc(CC(=O)NCCCCOc3ccccc3)cs2)c1. The van der Waals surface area contributed by atoms with Gasteiger partial charge in [-0.15, -0.1) is 11.3 Å². The fourth-order valence-corrected chi connectivity index (χ4v) is 3.50. The molecule has 27 heavy (non-hydrogen) atoms. The first kappa shape index (κ1) is 19.1. The standard InChI is InChI=1S/C22H24N2O2S/c1-17-8-7-9-18(14-17)22-24-19(16-27-22)15-21(25)23-12-5-6-13-26-20-10-3-2-4-11-20/h2-4,7-11,14,16H,5-6,12-13,15H2,1H3,(H,23,25). The first-order chi connectivity index (χ1) is 13.2. The molecular formula is C22H24N2O2S. The van der Waals surface area contributed by atoms with Crippen molar-refractivity contribution < 1.29 is 9.53 Å². The molecule has 4 nitrogen and oxygen atoms in total. The third kappa shape index (κ3) is 6.22. The van der Waals surface area contributed by atoms with Gasteiger partial charge < -0.3 is 10.1 Å². The van der Waals surface area contributed by atoms with Gasteiger partial charge in [0.15, 0.2) is 0 Å². The van der Waals surface area contributed by atoms with Crippen LogP contribution in [0.25, 0.3) is 10.6 Å². The summed E-state index contributed by atoms with van der Waals surface area (Å²) in [4.78, 5) is 16.7. The number of carbonyl (C=O) groups is 1. The fraction of sp³-hybridized carbons (Fsp3) is 0.273. The lowest BCUT2D eigenvalue weighted by Crippen LogP contribution is -2.26. The second kappa shape index (κ2) is 9.88. The molecule has 5 heteroatoms. The number of hydrogen-bond acceptors (Lipinski definition) is 4. The highest BCUT2D eigenvalue weighted by molar-refractivity contribution is 7.13. The predicted octanol–water partition coefficient (Wildman–Crippen LogP) is 4.64. The van der Waals surface area contributed by atoms with Crippen LogP contribution in [-0.2, 0) is 11.2 Å². The van der Waals surface area contributed by atoms with Crippen LogP contribution < -0.4 is 10.1 Å². The monoisotopic (exact) mass is 380 g/mol. The van der Waals surface area contributed by atoms with Gasteiger partial charge in [-0.25, -0.2) is 4.98 Å². The van der Waals surface area contributed by atoms with E-state index in [0.717, 1.165) is 34.9 Å². The molecule has 0 atom stereocenters. The summed E-state index contributed by atoms with van der Waals surface area (Å²) in [5, 5.41) is 5.88. The van der Waals surface area contributed by atoms with Crippen LogP contribution >= 0.6 is 11.3 Å². The lowest BCUT2D eigenvalue weighted by atomic mass is 10.1. The Labute approximate surface area is 164 Å². The van der Waals surface area contributed by atoms with Crippen molar-refractivity contribution in [2.24, 2.45) is 0 Å². The van der Waals surface area contributed by atoms with Crippen molar-refractivity contribution >= 4 is 17.2 Å². The van der Waals surface area contributed by atoms with Gasteiger partial charge in [-0.05, 0) is 38.0 Å². The van der Waals surface area contributed by atoms with Crippen LogP contribution in [0.2, 0.25) is 0 Å². The molecule has 0 aliphatic carbocycles. The summed E-state index contributed by atoms with van der Waals surface area (Å²) in [6.45, 7) is 3.38. The van der Waals surface area contributed by atoms with Gasteiger partial charge in [-0.3, -0.25) is 4.79 Å². The number of aryl methyl sites for hydroxylation is 1. The maximum absolute atomic E-state index is 12.1.